The maximum absolute atomic E-state index is 13.4. The second-order valence-electron chi connectivity index (χ2n) is 4.62. The molecule has 104 valence electrons. The lowest BCUT2D eigenvalue weighted by atomic mass is 10.2. The van der Waals surface area contributed by atoms with Crippen LogP contribution in [0.15, 0.2) is 18.2 Å². The molecule has 6 heteroatoms. The Labute approximate surface area is 110 Å². The van der Waals surface area contributed by atoms with E-state index in [0.717, 1.165) is 31.5 Å². The van der Waals surface area contributed by atoms with Crippen LogP contribution in [0.4, 0.5) is 14.5 Å². The first-order chi connectivity index (χ1) is 9.10. The third-order valence-corrected chi connectivity index (χ3v) is 3.26. The molecular formula is C13H16F2N2O2. The van der Waals surface area contributed by atoms with Gasteiger partial charge in [-0.3, -0.25) is 9.69 Å². The number of carbonyl (C=O) groups is 1. The fourth-order valence-electron chi connectivity index (χ4n) is 2.28. The zero-order valence-electron chi connectivity index (χ0n) is 10.4. The van der Waals surface area contributed by atoms with E-state index in [0.29, 0.717) is 0 Å². The van der Waals surface area contributed by atoms with Crippen molar-refractivity contribution in [1.29, 1.82) is 0 Å². The maximum atomic E-state index is 13.4. The van der Waals surface area contributed by atoms with E-state index >= 15 is 0 Å². The van der Waals surface area contributed by atoms with Crippen LogP contribution in [0.5, 0.6) is 0 Å². The van der Waals surface area contributed by atoms with Crippen LogP contribution < -0.4 is 5.32 Å². The molecule has 1 saturated heterocycles. The molecule has 1 atom stereocenters. The molecule has 1 amide bonds. The van der Waals surface area contributed by atoms with E-state index in [1.54, 1.807) is 0 Å². The van der Waals surface area contributed by atoms with Gasteiger partial charge in [-0.2, -0.15) is 0 Å². The summed E-state index contributed by atoms with van der Waals surface area (Å²) in [7, 11) is 0. The minimum Gasteiger partial charge on any atom is -0.395 e. The molecule has 1 aromatic carbocycles. The van der Waals surface area contributed by atoms with Gasteiger partial charge in [0.1, 0.15) is 11.6 Å². The predicted molar refractivity (Wildman–Crippen MR) is 66.7 cm³/mol. The highest BCUT2D eigenvalue weighted by molar-refractivity contribution is 5.92. The van der Waals surface area contributed by atoms with Crippen molar-refractivity contribution in [3.05, 3.63) is 29.8 Å². The van der Waals surface area contributed by atoms with Crippen molar-refractivity contribution in [3.63, 3.8) is 0 Å². The highest BCUT2D eigenvalue weighted by atomic mass is 19.1. The van der Waals surface area contributed by atoms with E-state index in [-0.39, 0.29) is 30.8 Å². The van der Waals surface area contributed by atoms with Crippen molar-refractivity contribution in [2.24, 2.45) is 0 Å². The third kappa shape index (κ3) is 3.48. The Bertz CT molecular complexity index is 468. The Balaban J connectivity index is 1.94. The number of hydrogen-bond donors (Lipinski definition) is 2. The lowest BCUT2D eigenvalue weighted by Crippen LogP contribution is -2.38. The quantitative estimate of drug-likeness (QED) is 0.868. The standard InChI is InChI=1S/C13H16F2N2O2/c14-9-3-4-12(11(15)6-9)16-13(19)7-17-5-1-2-10(17)8-18/h3-4,6,10,18H,1-2,5,7-8H2,(H,16,19). The Morgan fingerprint density at radius 3 is 2.95 bits per heavy atom. The van der Waals surface area contributed by atoms with Crippen LogP contribution in [0.2, 0.25) is 0 Å². The first-order valence-corrected chi connectivity index (χ1v) is 6.20. The number of anilines is 1. The van der Waals surface area contributed by atoms with Crippen molar-refractivity contribution in [2.45, 2.75) is 18.9 Å². The molecule has 1 unspecified atom stereocenters. The molecule has 0 spiro atoms. The van der Waals surface area contributed by atoms with Gasteiger partial charge in [0.05, 0.1) is 18.8 Å². The van der Waals surface area contributed by atoms with Crippen molar-refractivity contribution in [2.75, 3.05) is 25.0 Å². The molecule has 0 aliphatic carbocycles. The molecule has 0 bridgehead atoms. The minimum atomic E-state index is -0.798. The Morgan fingerprint density at radius 1 is 1.47 bits per heavy atom. The number of aliphatic hydroxyl groups excluding tert-OH is 1. The molecule has 2 rings (SSSR count). The second kappa shape index (κ2) is 6.08. The van der Waals surface area contributed by atoms with Crippen LogP contribution in [0.25, 0.3) is 0 Å². The summed E-state index contributed by atoms with van der Waals surface area (Å²) >= 11 is 0. The van der Waals surface area contributed by atoms with Crippen LogP contribution in [0.1, 0.15) is 12.8 Å². The fraction of sp³-hybridized carbons (Fsp3) is 0.462. The Morgan fingerprint density at radius 2 is 2.26 bits per heavy atom. The molecule has 1 heterocycles. The molecule has 1 aromatic rings. The highest BCUT2D eigenvalue weighted by Gasteiger charge is 2.25. The Hall–Kier alpha value is -1.53. The van der Waals surface area contributed by atoms with Crippen LogP contribution in [0.3, 0.4) is 0 Å². The predicted octanol–water partition coefficient (Wildman–Crippen LogP) is 1.36. The van der Waals surface area contributed by atoms with Gasteiger partial charge in [0.2, 0.25) is 5.91 Å². The number of likely N-dealkylation sites (tertiary alicyclic amines) is 1. The summed E-state index contributed by atoms with van der Waals surface area (Å²) < 4.78 is 26.1. The lowest BCUT2D eigenvalue weighted by molar-refractivity contribution is -0.117. The van der Waals surface area contributed by atoms with E-state index in [2.05, 4.69) is 5.32 Å². The van der Waals surface area contributed by atoms with Gasteiger partial charge in [0.25, 0.3) is 0 Å². The van der Waals surface area contributed by atoms with Gasteiger partial charge in [-0.25, -0.2) is 8.78 Å². The minimum absolute atomic E-state index is 0.0104. The summed E-state index contributed by atoms with van der Waals surface area (Å²) in [5.41, 5.74) is -0.0360. The summed E-state index contributed by atoms with van der Waals surface area (Å²) in [4.78, 5) is 13.6. The number of benzene rings is 1. The number of nitrogens with one attached hydrogen (secondary N) is 1. The van der Waals surface area contributed by atoms with Crippen LogP contribution >= 0.6 is 0 Å². The van der Waals surface area contributed by atoms with Gasteiger partial charge in [-0.15, -0.1) is 0 Å². The topological polar surface area (TPSA) is 52.6 Å². The number of nitrogens with zero attached hydrogens (tertiary/aromatic N) is 1. The zero-order chi connectivity index (χ0) is 13.8. The van der Waals surface area contributed by atoms with Gasteiger partial charge < -0.3 is 10.4 Å². The zero-order valence-corrected chi connectivity index (χ0v) is 10.4. The summed E-state index contributed by atoms with van der Waals surface area (Å²) in [5, 5.41) is 11.5. The number of aliphatic hydroxyl groups is 1. The molecule has 0 saturated carbocycles. The number of hydrogen-bond acceptors (Lipinski definition) is 3. The van der Waals surface area contributed by atoms with E-state index in [4.69, 9.17) is 5.11 Å². The molecule has 2 N–H and O–H groups in total. The third-order valence-electron chi connectivity index (χ3n) is 3.26. The van der Waals surface area contributed by atoms with E-state index in [9.17, 15) is 13.6 Å². The molecule has 1 aliphatic heterocycles. The van der Waals surface area contributed by atoms with E-state index in [1.165, 1.54) is 6.07 Å². The normalized spacial score (nSPS) is 19.6. The first-order valence-electron chi connectivity index (χ1n) is 6.20. The number of amides is 1. The Kier molecular flexibility index (Phi) is 4.44. The van der Waals surface area contributed by atoms with Gasteiger partial charge in [-0.05, 0) is 31.5 Å². The van der Waals surface area contributed by atoms with Crippen LogP contribution in [-0.4, -0.2) is 41.7 Å². The summed E-state index contributed by atoms with van der Waals surface area (Å²) in [6.07, 6.45) is 1.79. The van der Waals surface area contributed by atoms with Crippen LogP contribution in [0, 0.1) is 11.6 Å². The molecule has 1 fully saturated rings. The summed E-state index contributed by atoms with van der Waals surface area (Å²) in [6.45, 7) is 0.852. The van der Waals surface area contributed by atoms with Gasteiger partial charge in [-0.1, -0.05) is 0 Å². The molecule has 19 heavy (non-hydrogen) atoms. The first kappa shape index (κ1) is 13.9. The monoisotopic (exact) mass is 270 g/mol. The summed E-state index contributed by atoms with van der Waals surface area (Å²) in [5.74, 6) is -1.85. The maximum Gasteiger partial charge on any atom is 0.238 e. The van der Waals surface area contributed by atoms with Crippen molar-refractivity contribution >= 4 is 11.6 Å². The van der Waals surface area contributed by atoms with Crippen molar-refractivity contribution in [1.82, 2.24) is 4.90 Å². The average Bonchev–Trinajstić information content (AvgIpc) is 2.80. The van der Waals surface area contributed by atoms with Gasteiger partial charge >= 0.3 is 0 Å². The van der Waals surface area contributed by atoms with E-state index < -0.39 is 11.6 Å². The second-order valence-corrected chi connectivity index (χ2v) is 4.62. The largest absolute Gasteiger partial charge is 0.395 e. The molecule has 4 nitrogen and oxygen atoms in total. The van der Waals surface area contributed by atoms with Gasteiger partial charge in [0, 0.05) is 12.1 Å². The van der Waals surface area contributed by atoms with Crippen molar-refractivity contribution < 1.29 is 18.7 Å². The van der Waals surface area contributed by atoms with Crippen molar-refractivity contribution in [3.8, 4) is 0 Å². The van der Waals surface area contributed by atoms with Gasteiger partial charge in [0.15, 0.2) is 0 Å². The summed E-state index contributed by atoms with van der Waals surface area (Å²) in [6, 6.07) is 2.99. The molecule has 0 radical (unpaired) electrons. The SMILES string of the molecule is O=C(CN1CCCC1CO)Nc1ccc(F)cc1F. The number of rotatable bonds is 4. The molecule has 1 aliphatic rings. The number of carbonyl (C=O) groups excluding carboxylic acids is 1. The van der Waals surface area contributed by atoms with E-state index in [1.807, 2.05) is 4.90 Å². The highest BCUT2D eigenvalue weighted by Crippen LogP contribution is 2.18. The molecule has 0 aromatic heterocycles. The number of halogens is 2. The smallest absolute Gasteiger partial charge is 0.238 e. The average molecular weight is 270 g/mol. The lowest BCUT2D eigenvalue weighted by Gasteiger charge is -2.21. The fourth-order valence-corrected chi connectivity index (χ4v) is 2.28. The van der Waals surface area contributed by atoms with Crippen LogP contribution in [-0.2, 0) is 4.79 Å². The molecular weight excluding hydrogens is 254 g/mol.